The molecule has 2 aromatic carbocycles. The van der Waals surface area contributed by atoms with Gasteiger partial charge in [0.15, 0.2) is 0 Å². The zero-order valence-corrected chi connectivity index (χ0v) is 17.3. The molecule has 1 saturated heterocycles. The number of rotatable bonds is 4. The van der Waals surface area contributed by atoms with E-state index < -0.39 is 5.91 Å². The van der Waals surface area contributed by atoms with E-state index in [2.05, 4.69) is 36.2 Å². The monoisotopic (exact) mass is 459 g/mol. The molecule has 2 heterocycles. The van der Waals surface area contributed by atoms with E-state index in [9.17, 15) is 9.18 Å². The Hall–Kier alpha value is -2.78. The number of aromatic nitrogens is 3. The summed E-state index contributed by atoms with van der Waals surface area (Å²) in [6, 6.07) is 11.6. The van der Waals surface area contributed by atoms with Crippen molar-refractivity contribution in [1.29, 1.82) is 0 Å². The van der Waals surface area contributed by atoms with Gasteiger partial charge in [0.05, 0.1) is 30.3 Å². The second kappa shape index (κ2) is 8.30. The van der Waals surface area contributed by atoms with E-state index in [4.69, 9.17) is 4.74 Å². The molecule has 150 valence electrons. The van der Waals surface area contributed by atoms with E-state index in [-0.39, 0.29) is 11.6 Å². The van der Waals surface area contributed by atoms with Gasteiger partial charge in [-0.2, -0.15) is 0 Å². The summed E-state index contributed by atoms with van der Waals surface area (Å²) in [5, 5.41) is 7.21. The largest absolute Gasteiger partial charge is 0.378 e. The fourth-order valence-electron chi connectivity index (χ4n) is 3.18. The first-order valence-electron chi connectivity index (χ1n) is 9.14. The van der Waals surface area contributed by atoms with Crippen LogP contribution in [0.3, 0.4) is 0 Å². The Bertz CT molecular complexity index is 1030. The van der Waals surface area contributed by atoms with Gasteiger partial charge in [0.25, 0.3) is 5.91 Å². The fraction of sp³-hybridized carbons (Fsp3) is 0.250. The summed E-state index contributed by atoms with van der Waals surface area (Å²) in [5.41, 5.74) is 2.22. The third-order valence-corrected chi connectivity index (χ3v) is 5.10. The third kappa shape index (κ3) is 4.30. The van der Waals surface area contributed by atoms with Crippen molar-refractivity contribution in [2.75, 3.05) is 36.5 Å². The highest BCUT2D eigenvalue weighted by Gasteiger charge is 2.20. The summed E-state index contributed by atoms with van der Waals surface area (Å²) in [6.07, 6.45) is 0. The Balaban J connectivity index is 1.59. The van der Waals surface area contributed by atoms with Crippen LogP contribution >= 0.6 is 15.9 Å². The molecule has 7 nitrogen and oxygen atoms in total. The average Bonchev–Trinajstić information content (AvgIpc) is 3.11. The molecule has 4 rings (SSSR count). The lowest BCUT2D eigenvalue weighted by atomic mass is 10.2. The van der Waals surface area contributed by atoms with E-state index >= 15 is 0 Å². The van der Waals surface area contributed by atoms with Crippen molar-refractivity contribution in [3.05, 3.63) is 64.4 Å². The van der Waals surface area contributed by atoms with Crippen molar-refractivity contribution in [2.45, 2.75) is 6.92 Å². The number of halogens is 2. The fourth-order valence-corrected chi connectivity index (χ4v) is 3.54. The molecular weight excluding hydrogens is 441 g/mol. The van der Waals surface area contributed by atoms with Crippen LogP contribution in [0.25, 0.3) is 5.69 Å². The number of aryl methyl sites for hydroxylation is 1. The Kier molecular flexibility index (Phi) is 5.59. The van der Waals surface area contributed by atoms with Gasteiger partial charge < -0.3 is 15.0 Å². The van der Waals surface area contributed by atoms with Gasteiger partial charge in [-0.1, -0.05) is 15.9 Å². The van der Waals surface area contributed by atoms with E-state index in [1.165, 1.54) is 16.8 Å². The van der Waals surface area contributed by atoms with Gasteiger partial charge in [0.1, 0.15) is 11.6 Å². The molecule has 1 aromatic heterocycles. The van der Waals surface area contributed by atoms with Gasteiger partial charge in [-0.3, -0.25) is 4.79 Å². The minimum absolute atomic E-state index is 0.0414. The first-order chi connectivity index (χ1) is 14.0. The summed E-state index contributed by atoms with van der Waals surface area (Å²) in [7, 11) is 0. The highest BCUT2D eigenvalue weighted by molar-refractivity contribution is 9.10. The number of ether oxygens (including phenoxy) is 1. The van der Waals surface area contributed by atoms with E-state index in [0.717, 1.165) is 23.2 Å². The molecule has 0 spiro atoms. The van der Waals surface area contributed by atoms with E-state index in [1.807, 2.05) is 18.2 Å². The minimum atomic E-state index is -0.415. The van der Waals surface area contributed by atoms with Gasteiger partial charge >= 0.3 is 0 Å². The molecule has 1 aliphatic rings. The molecule has 29 heavy (non-hydrogen) atoms. The van der Waals surface area contributed by atoms with Crippen LogP contribution in [0.1, 0.15) is 16.4 Å². The molecule has 0 radical (unpaired) electrons. The molecule has 1 aliphatic heterocycles. The number of anilines is 2. The first-order valence-corrected chi connectivity index (χ1v) is 9.94. The number of nitrogens with one attached hydrogen (secondary N) is 1. The molecule has 0 aliphatic carbocycles. The highest BCUT2D eigenvalue weighted by Crippen LogP contribution is 2.30. The topological polar surface area (TPSA) is 72.3 Å². The first kappa shape index (κ1) is 19.5. The molecule has 3 aromatic rings. The SMILES string of the molecule is Cc1nc(C(=O)Nc2cc(Br)ccc2N2CCOCC2)nn1-c1ccc(F)cc1. The van der Waals surface area contributed by atoms with Crippen LogP contribution in [0.5, 0.6) is 0 Å². The smallest absolute Gasteiger partial charge is 0.295 e. The summed E-state index contributed by atoms with van der Waals surface area (Å²) in [4.78, 5) is 19.3. The maximum atomic E-state index is 13.2. The number of morpholine rings is 1. The van der Waals surface area contributed by atoms with Gasteiger partial charge in [-0.15, -0.1) is 5.10 Å². The number of carbonyl (C=O) groups is 1. The Morgan fingerprint density at radius 3 is 2.62 bits per heavy atom. The van der Waals surface area contributed by atoms with E-state index in [0.29, 0.717) is 30.4 Å². The van der Waals surface area contributed by atoms with Crippen LogP contribution in [-0.2, 0) is 4.74 Å². The van der Waals surface area contributed by atoms with Gasteiger partial charge in [-0.25, -0.2) is 14.1 Å². The Morgan fingerprint density at radius 1 is 1.17 bits per heavy atom. The molecule has 1 N–H and O–H groups in total. The molecule has 0 unspecified atom stereocenters. The van der Waals surface area contributed by atoms with E-state index in [1.54, 1.807) is 19.1 Å². The molecule has 0 saturated carbocycles. The predicted molar refractivity (Wildman–Crippen MR) is 111 cm³/mol. The van der Waals surface area contributed by atoms with Crippen molar-refractivity contribution >= 4 is 33.2 Å². The van der Waals surface area contributed by atoms with Gasteiger partial charge in [-0.05, 0) is 49.4 Å². The molecular formula is C20H19BrFN5O2. The Morgan fingerprint density at radius 2 is 1.90 bits per heavy atom. The average molecular weight is 460 g/mol. The van der Waals surface area contributed by atoms with Crippen LogP contribution in [-0.4, -0.2) is 47.0 Å². The number of benzene rings is 2. The molecule has 1 fully saturated rings. The lowest BCUT2D eigenvalue weighted by Gasteiger charge is -2.30. The van der Waals surface area contributed by atoms with Crippen molar-refractivity contribution in [2.24, 2.45) is 0 Å². The summed E-state index contributed by atoms with van der Waals surface area (Å²) in [6.45, 7) is 4.53. The van der Waals surface area contributed by atoms with Gasteiger partial charge in [0.2, 0.25) is 5.82 Å². The number of hydrogen-bond donors (Lipinski definition) is 1. The van der Waals surface area contributed by atoms with Gasteiger partial charge in [0, 0.05) is 17.6 Å². The van der Waals surface area contributed by atoms with Crippen LogP contribution in [0, 0.1) is 12.7 Å². The number of carbonyl (C=O) groups excluding carboxylic acids is 1. The number of nitrogens with zero attached hydrogens (tertiary/aromatic N) is 4. The standard InChI is InChI=1S/C20H19BrFN5O2/c1-13-23-19(25-27(13)16-5-3-15(22)4-6-16)20(28)24-17-12-14(21)2-7-18(17)26-8-10-29-11-9-26/h2-7,12H,8-11H2,1H3,(H,24,28). The van der Waals surface area contributed by atoms with Crippen LogP contribution in [0.2, 0.25) is 0 Å². The van der Waals surface area contributed by atoms with Crippen molar-refractivity contribution in [1.82, 2.24) is 14.8 Å². The van der Waals surface area contributed by atoms with Crippen molar-refractivity contribution in [3.8, 4) is 5.69 Å². The Labute approximate surface area is 175 Å². The lowest BCUT2D eigenvalue weighted by molar-refractivity contribution is 0.101. The van der Waals surface area contributed by atoms with Crippen LogP contribution in [0.4, 0.5) is 15.8 Å². The minimum Gasteiger partial charge on any atom is -0.378 e. The van der Waals surface area contributed by atoms with Crippen molar-refractivity contribution in [3.63, 3.8) is 0 Å². The number of hydrogen-bond acceptors (Lipinski definition) is 5. The predicted octanol–water partition coefficient (Wildman–Crippen LogP) is 3.57. The molecule has 0 atom stereocenters. The third-order valence-electron chi connectivity index (χ3n) is 4.60. The maximum Gasteiger partial charge on any atom is 0.295 e. The van der Waals surface area contributed by atoms with Crippen LogP contribution < -0.4 is 10.2 Å². The molecule has 9 heteroatoms. The quantitative estimate of drug-likeness (QED) is 0.645. The highest BCUT2D eigenvalue weighted by atomic mass is 79.9. The molecule has 0 bridgehead atoms. The molecule has 1 amide bonds. The zero-order valence-electron chi connectivity index (χ0n) is 15.7. The normalized spacial score (nSPS) is 14.1. The summed E-state index contributed by atoms with van der Waals surface area (Å²) < 4.78 is 21.0. The number of amides is 1. The second-order valence-electron chi connectivity index (χ2n) is 6.59. The lowest BCUT2D eigenvalue weighted by Crippen LogP contribution is -2.36. The summed E-state index contributed by atoms with van der Waals surface area (Å²) in [5.74, 6) is -0.180. The van der Waals surface area contributed by atoms with Crippen LogP contribution in [0.15, 0.2) is 46.9 Å². The zero-order chi connectivity index (χ0) is 20.4. The maximum absolute atomic E-state index is 13.2. The summed E-state index contributed by atoms with van der Waals surface area (Å²) >= 11 is 3.46. The second-order valence-corrected chi connectivity index (χ2v) is 7.50. The van der Waals surface area contributed by atoms with Crippen molar-refractivity contribution < 1.29 is 13.9 Å².